The summed E-state index contributed by atoms with van der Waals surface area (Å²) in [5, 5.41) is 0.373. The number of carbonyl (C=O) groups excluding carboxylic acids is 1. The van der Waals surface area contributed by atoms with Gasteiger partial charge in [-0.1, -0.05) is 11.6 Å². The summed E-state index contributed by atoms with van der Waals surface area (Å²) in [5.74, 6) is -1.17. The summed E-state index contributed by atoms with van der Waals surface area (Å²) >= 11 is 5.74. The molecule has 0 amide bonds. The van der Waals surface area contributed by atoms with E-state index in [9.17, 15) is 13.6 Å². The molecule has 18 heavy (non-hydrogen) atoms. The molecule has 0 spiro atoms. The van der Waals surface area contributed by atoms with Crippen LogP contribution in [0.15, 0.2) is 42.5 Å². The molecule has 0 unspecified atom stereocenters. The highest BCUT2D eigenvalue weighted by molar-refractivity contribution is 6.30. The van der Waals surface area contributed by atoms with Crippen molar-refractivity contribution < 1.29 is 13.6 Å². The van der Waals surface area contributed by atoms with Crippen LogP contribution in [0.5, 0.6) is 0 Å². The number of carbonyl (C=O) groups is 1. The molecule has 0 radical (unpaired) electrons. The monoisotopic (exact) mass is 266 g/mol. The number of ketones is 1. The summed E-state index contributed by atoms with van der Waals surface area (Å²) in [6.45, 7) is 0. The quantitative estimate of drug-likeness (QED) is 0.766. The highest BCUT2D eigenvalue weighted by atomic mass is 35.5. The molecule has 4 heteroatoms. The third kappa shape index (κ3) is 2.93. The highest BCUT2D eigenvalue weighted by Gasteiger charge is 2.11. The minimum Gasteiger partial charge on any atom is -0.294 e. The Morgan fingerprint density at radius 3 is 2.39 bits per heavy atom. The topological polar surface area (TPSA) is 17.1 Å². The maximum atomic E-state index is 13.4. The molecule has 0 atom stereocenters. The summed E-state index contributed by atoms with van der Waals surface area (Å²) < 4.78 is 26.1. The van der Waals surface area contributed by atoms with Crippen molar-refractivity contribution in [2.45, 2.75) is 6.42 Å². The minimum atomic E-state index is -0.477. The van der Waals surface area contributed by atoms with Crippen LogP contribution in [0.2, 0.25) is 5.02 Å². The van der Waals surface area contributed by atoms with Gasteiger partial charge in [0.05, 0.1) is 0 Å². The first-order valence-electron chi connectivity index (χ1n) is 5.29. The van der Waals surface area contributed by atoms with E-state index >= 15 is 0 Å². The van der Waals surface area contributed by atoms with Gasteiger partial charge in [-0.05, 0) is 48.0 Å². The van der Waals surface area contributed by atoms with Crippen LogP contribution >= 0.6 is 11.6 Å². The molecule has 0 N–H and O–H groups in total. The zero-order valence-electron chi connectivity index (χ0n) is 9.29. The van der Waals surface area contributed by atoms with Gasteiger partial charge in [0.1, 0.15) is 11.6 Å². The molecular weight excluding hydrogens is 258 g/mol. The van der Waals surface area contributed by atoms with Crippen molar-refractivity contribution >= 4 is 17.4 Å². The van der Waals surface area contributed by atoms with Crippen molar-refractivity contribution in [1.29, 1.82) is 0 Å². The Hall–Kier alpha value is -1.74. The smallest absolute Gasteiger partial charge is 0.167 e. The fourth-order valence-electron chi connectivity index (χ4n) is 1.59. The van der Waals surface area contributed by atoms with Gasteiger partial charge in [-0.25, -0.2) is 8.78 Å². The summed E-state index contributed by atoms with van der Waals surface area (Å²) in [5.41, 5.74) is 0.576. The van der Waals surface area contributed by atoms with Crippen LogP contribution in [0, 0.1) is 11.6 Å². The lowest BCUT2D eigenvalue weighted by Gasteiger charge is -2.04. The first-order valence-corrected chi connectivity index (χ1v) is 5.67. The molecule has 0 heterocycles. The van der Waals surface area contributed by atoms with Gasteiger partial charge in [0.15, 0.2) is 5.78 Å². The van der Waals surface area contributed by atoms with E-state index in [4.69, 9.17) is 11.6 Å². The SMILES string of the molecule is O=C(Cc1cc(Cl)ccc1F)c1ccc(F)cc1. The van der Waals surface area contributed by atoms with Gasteiger partial charge in [-0.2, -0.15) is 0 Å². The molecule has 92 valence electrons. The molecule has 0 aliphatic heterocycles. The number of hydrogen-bond acceptors (Lipinski definition) is 1. The fourth-order valence-corrected chi connectivity index (χ4v) is 1.78. The second kappa shape index (κ2) is 5.27. The molecule has 0 aromatic heterocycles. The Morgan fingerprint density at radius 2 is 1.72 bits per heavy atom. The number of Topliss-reactive ketones (excluding diaryl/α,β-unsaturated/α-hetero) is 1. The van der Waals surface area contributed by atoms with E-state index < -0.39 is 11.6 Å². The Morgan fingerprint density at radius 1 is 1.06 bits per heavy atom. The van der Waals surface area contributed by atoms with E-state index in [1.165, 1.54) is 42.5 Å². The van der Waals surface area contributed by atoms with Gasteiger partial charge in [0, 0.05) is 17.0 Å². The van der Waals surface area contributed by atoms with Gasteiger partial charge < -0.3 is 0 Å². The van der Waals surface area contributed by atoms with E-state index in [1.54, 1.807) is 0 Å². The van der Waals surface area contributed by atoms with E-state index in [-0.39, 0.29) is 17.8 Å². The van der Waals surface area contributed by atoms with E-state index in [2.05, 4.69) is 0 Å². The molecule has 0 saturated carbocycles. The standard InChI is InChI=1S/C14H9ClF2O/c15-11-3-6-13(17)10(7-11)8-14(18)9-1-4-12(16)5-2-9/h1-7H,8H2. The van der Waals surface area contributed by atoms with Crippen molar-refractivity contribution in [3.63, 3.8) is 0 Å². The van der Waals surface area contributed by atoms with Gasteiger partial charge in [-0.3, -0.25) is 4.79 Å². The highest BCUT2D eigenvalue weighted by Crippen LogP contribution is 2.17. The number of halogens is 3. The Balaban J connectivity index is 2.21. The molecular formula is C14H9ClF2O. The van der Waals surface area contributed by atoms with Crippen LogP contribution in [0.1, 0.15) is 15.9 Å². The summed E-state index contributed by atoms with van der Waals surface area (Å²) in [7, 11) is 0. The van der Waals surface area contributed by atoms with Crippen LogP contribution in [-0.2, 0) is 6.42 Å². The van der Waals surface area contributed by atoms with Crippen molar-refractivity contribution in [3.8, 4) is 0 Å². The zero-order chi connectivity index (χ0) is 13.1. The normalized spacial score (nSPS) is 10.4. The zero-order valence-corrected chi connectivity index (χ0v) is 10.0. The molecule has 0 aliphatic rings. The van der Waals surface area contributed by atoms with E-state index in [0.717, 1.165) is 0 Å². The lowest BCUT2D eigenvalue weighted by atomic mass is 10.0. The van der Waals surface area contributed by atoms with Crippen LogP contribution in [0.4, 0.5) is 8.78 Å². The molecule has 2 aromatic carbocycles. The summed E-state index contributed by atoms with van der Waals surface area (Å²) in [4.78, 5) is 11.9. The third-order valence-corrected chi connectivity index (χ3v) is 2.76. The summed E-state index contributed by atoms with van der Waals surface area (Å²) in [6.07, 6.45) is -0.0992. The molecule has 0 fully saturated rings. The summed E-state index contributed by atoms with van der Waals surface area (Å²) in [6, 6.07) is 9.19. The van der Waals surface area contributed by atoms with Crippen LogP contribution in [-0.4, -0.2) is 5.78 Å². The van der Waals surface area contributed by atoms with Crippen LogP contribution < -0.4 is 0 Å². The van der Waals surface area contributed by atoms with Gasteiger partial charge in [0.25, 0.3) is 0 Å². The Kier molecular flexibility index (Phi) is 3.72. The number of benzene rings is 2. The number of rotatable bonds is 3. The van der Waals surface area contributed by atoms with E-state index in [0.29, 0.717) is 10.6 Å². The Labute approximate surface area is 108 Å². The van der Waals surface area contributed by atoms with E-state index in [1.807, 2.05) is 0 Å². The lowest BCUT2D eigenvalue weighted by molar-refractivity contribution is 0.0992. The largest absolute Gasteiger partial charge is 0.294 e. The maximum absolute atomic E-state index is 13.4. The predicted octanol–water partition coefficient (Wildman–Crippen LogP) is 4.04. The first-order chi connectivity index (χ1) is 8.56. The van der Waals surface area contributed by atoms with Gasteiger partial charge in [0.2, 0.25) is 0 Å². The Bertz CT molecular complexity index is 579. The van der Waals surface area contributed by atoms with Crippen molar-refractivity contribution in [2.24, 2.45) is 0 Å². The van der Waals surface area contributed by atoms with Crippen LogP contribution in [0.25, 0.3) is 0 Å². The van der Waals surface area contributed by atoms with Gasteiger partial charge >= 0.3 is 0 Å². The third-order valence-electron chi connectivity index (χ3n) is 2.52. The van der Waals surface area contributed by atoms with Crippen molar-refractivity contribution in [3.05, 3.63) is 70.2 Å². The average Bonchev–Trinajstić information content (AvgIpc) is 2.34. The second-order valence-electron chi connectivity index (χ2n) is 3.84. The molecule has 1 nitrogen and oxygen atoms in total. The van der Waals surface area contributed by atoms with Crippen molar-refractivity contribution in [1.82, 2.24) is 0 Å². The van der Waals surface area contributed by atoms with Crippen molar-refractivity contribution in [2.75, 3.05) is 0 Å². The van der Waals surface area contributed by atoms with Crippen LogP contribution in [0.3, 0.4) is 0 Å². The maximum Gasteiger partial charge on any atom is 0.167 e. The predicted molar refractivity (Wildman–Crippen MR) is 65.8 cm³/mol. The van der Waals surface area contributed by atoms with Gasteiger partial charge in [-0.15, -0.1) is 0 Å². The fraction of sp³-hybridized carbons (Fsp3) is 0.0714. The molecule has 2 rings (SSSR count). The molecule has 0 bridgehead atoms. The minimum absolute atomic E-state index is 0.0992. The lowest BCUT2D eigenvalue weighted by Crippen LogP contribution is -2.05. The first kappa shape index (κ1) is 12.7. The molecule has 0 aliphatic carbocycles. The second-order valence-corrected chi connectivity index (χ2v) is 4.28. The molecule has 2 aromatic rings. The average molecular weight is 267 g/mol. The number of hydrogen-bond donors (Lipinski definition) is 0. The molecule has 0 saturated heterocycles.